The first kappa shape index (κ1) is 22.6. The van der Waals surface area contributed by atoms with E-state index in [9.17, 15) is 9.59 Å². The molecule has 1 atom stereocenters. The quantitative estimate of drug-likeness (QED) is 0.401. The Balaban J connectivity index is 1.28. The zero-order valence-electron chi connectivity index (χ0n) is 20.4. The molecular formula is C27H24N8O2. The van der Waals surface area contributed by atoms with Gasteiger partial charge in [-0.3, -0.25) is 9.59 Å². The van der Waals surface area contributed by atoms with E-state index in [1.54, 1.807) is 26.5 Å². The van der Waals surface area contributed by atoms with Gasteiger partial charge in [0.25, 0.3) is 0 Å². The van der Waals surface area contributed by atoms with Crippen molar-refractivity contribution < 1.29 is 9.59 Å². The lowest BCUT2D eigenvalue weighted by molar-refractivity contribution is -0.122. The molecular weight excluding hydrogens is 468 g/mol. The first-order valence-electron chi connectivity index (χ1n) is 12.0. The van der Waals surface area contributed by atoms with Gasteiger partial charge in [0.1, 0.15) is 12.1 Å². The van der Waals surface area contributed by atoms with Gasteiger partial charge in [-0.05, 0) is 38.1 Å². The average Bonchev–Trinajstić information content (AvgIpc) is 3.61. The van der Waals surface area contributed by atoms with E-state index in [4.69, 9.17) is 0 Å². The largest absolute Gasteiger partial charge is 0.312 e. The molecule has 0 spiro atoms. The fourth-order valence-corrected chi connectivity index (χ4v) is 4.59. The van der Waals surface area contributed by atoms with Gasteiger partial charge in [0.15, 0.2) is 11.5 Å². The van der Waals surface area contributed by atoms with Crippen LogP contribution in [0.4, 0.5) is 11.5 Å². The van der Waals surface area contributed by atoms with E-state index < -0.39 is 5.92 Å². The molecule has 1 aliphatic rings. The molecule has 3 aromatic heterocycles. The molecule has 1 N–H and O–H groups in total. The summed E-state index contributed by atoms with van der Waals surface area (Å²) in [4.78, 5) is 36.5. The van der Waals surface area contributed by atoms with E-state index in [2.05, 4.69) is 25.5 Å². The van der Waals surface area contributed by atoms with Gasteiger partial charge < -0.3 is 10.2 Å². The molecule has 2 amide bonds. The lowest BCUT2D eigenvalue weighted by Crippen LogP contribution is -2.28. The molecule has 1 unspecified atom stereocenters. The predicted molar refractivity (Wildman–Crippen MR) is 139 cm³/mol. The maximum atomic E-state index is 13.3. The number of rotatable bonds is 5. The number of para-hydroxylation sites is 1. The van der Waals surface area contributed by atoms with Gasteiger partial charge in [0.05, 0.1) is 28.9 Å². The standard InChI is InChI=1S/C27H24N8O2/c1-17-8-10-20(11-9-17)33-15-19(13-24(33)36)27(37)31-23-12-18(2)32-35(23)26-22-14-30-34(25(22)28-16-29-26)21-6-4-3-5-7-21/h3-12,14,16,19H,13,15H2,1-2H3,(H,31,37). The second-order valence-electron chi connectivity index (χ2n) is 9.14. The molecule has 1 aliphatic heterocycles. The van der Waals surface area contributed by atoms with E-state index in [1.165, 1.54) is 6.33 Å². The summed E-state index contributed by atoms with van der Waals surface area (Å²) in [5.41, 5.74) is 4.11. The molecule has 6 rings (SSSR count). The van der Waals surface area contributed by atoms with Crippen LogP contribution in [-0.2, 0) is 9.59 Å². The number of amides is 2. The van der Waals surface area contributed by atoms with Crippen LogP contribution in [0, 0.1) is 19.8 Å². The van der Waals surface area contributed by atoms with Crippen LogP contribution in [0.15, 0.2) is 73.2 Å². The number of hydrogen-bond donors (Lipinski definition) is 1. The second-order valence-corrected chi connectivity index (χ2v) is 9.14. The van der Waals surface area contributed by atoms with Gasteiger partial charge in [-0.15, -0.1) is 0 Å². The minimum atomic E-state index is -0.483. The van der Waals surface area contributed by atoms with Crippen molar-refractivity contribution in [3.63, 3.8) is 0 Å². The number of hydrogen-bond acceptors (Lipinski definition) is 6. The minimum Gasteiger partial charge on any atom is -0.312 e. The Morgan fingerprint density at radius 3 is 2.54 bits per heavy atom. The van der Waals surface area contributed by atoms with Crippen molar-refractivity contribution in [1.82, 2.24) is 29.5 Å². The number of aromatic nitrogens is 6. The van der Waals surface area contributed by atoms with Crippen molar-refractivity contribution in [2.45, 2.75) is 20.3 Å². The van der Waals surface area contributed by atoms with Gasteiger partial charge in [0, 0.05) is 24.7 Å². The lowest BCUT2D eigenvalue weighted by Gasteiger charge is -2.17. The molecule has 0 bridgehead atoms. The highest BCUT2D eigenvalue weighted by atomic mass is 16.2. The third-order valence-corrected chi connectivity index (χ3v) is 6.47. The Labute approximate surface area is 212 Å². The molecule has 10 heteroatoms. The summed E-state index contributed by atoms with van der Waals surface area (Å²) in [6.07, 6.45) is 3.29. The summed E-state index contributed by atoms with van der Waals surface area (Å²) in [5.74, 6) is 0.174. The third kappa shape index (κ3) is 4.12. The summed E-state index contributed by atoms with van der Waals surface area (Å²) < 4.78 is 3.32. The van der Waals surface area contributed by atoms with Gasteiger partial charge in [0.2, 0.25) is 11.8 Å². The highest BCUT2D eigenvalue weighted by Gasteiger charge is 2.35. The van der Waals surface area contributed by atoms with E-state index in [0.29, 0.717) is 34.9 Å². The van der Waals surface area contributed by atoms with Crippen LogP contribution < -0.4 is 10.2 Å². The van der Waals surface area contributed by atoms with Gasteiger partial charge in [-0.2, -0.15) is 14.9 Å². The van der Waals surface area contributed by atoms with E-state index >= 15 is 0 Å². The zero-order chi connectivity index (χ0) is 25.5. The number of benzene rings is 2. The number of anilines is 2. The third-order valence-electron chi connectivity index (χ3n) is 6.47. The van der Waals surface area contributed by atoms with Crippen molar-refractivity contribution in [2.24, 2.45) is 5.92 Å². The van der Waals surface area contributed by atoms with Crippen LogP contribution >= 0.6 is 0 Å². The first-order valence-corrected chi connectivity index (χ1v) is 12.0. The van der Waals surface area contributed by atoms with Gasteiger partial charge in [-0.25, -0.2) is 14.6 Å². The molecule has 0 saturated carbocycles. The zero-order valence-corrected chi connectivity index (χ0v) is 20.4. The van der Waals surface area contributed by atoms with Crippen molar-refractivity contribution in [3.05, 3.63) is 84.4 Å². The Morgan fingerprint density at radius 2 is 1.76 bits per heavy atom. The smallest absolute Gasteiger partial charge is 0.230 e. The second kappa shape index (κ2) is 8.98. The molecule has 1 fully saturated rings. The Hall–Kier alpha value is -4.86. The van der Waals surface area contributed by atoms with Crippen LogP contribution in [0.1, 0.15) is 17.7 Å². The fraction of sp³-hybridized carbons (Fsp3) is 0.185. The molecule has 10 nitrogen and oxygen atoms in total. The predicted octanol–water partition coefficient (Wildman–Crippen LogP) is 3.61. The van der Waals surface area contributed by atoms with Crippen molar-refractivity contribution >= 4 is 34.4 Å². The summed E-state index contributed by atoms with van der Waals surface area (Å²) in [7, 11) is 0. The average molecular weight is 493 g/mol. The molecule has 0 aliphatic carbocycles. The maximum Gasteiger partial charge on any atom is 0.230 e. The van der Waals surface area contributed by atoms with Crippen LogP contribution in [0.5, 0.6) is 0 Å². The van der Waals surface area contributed by atoms with Gasteiger partial charge >= 0.3 is 0 Å². The molecule has 5 aromatic rings. The number of carbonyl (C=O) groups excluding carboxylic acids is 2. The lowest BCUT2D eigenvalue weighted by atomic mass is 10.1. The minimum absolute atomic E-state index is 0.0699. The van der Waals surface area contributed by atoms with Crippen molar-refractivity contribution in [3.8, 4) is 11.5 Å². The summed E-state index contributed by atoms with van der Waals surface area (Å²) in [5, 5.41) is 12.7. The Bertz CT molecular complexity index is 1620. The topological polar surface area (TPSA) is 111 Å². The van der Waals surface area contributed by atoms with E-state index in [0.717, 1.165) is 16.9 Å². The SMILES string of the molecule is Cc1ccc(N2CC(C(=O)Nc3cc(C)nn3-c3ncnc4c3cnn4-c3ccccc3)CC2=O)cc1. The number of aryl methyl sites for hydroxylation is 2. The van der Waals surface area contributed by atoms with Crippen LogP contribution in [0.2, 0.25) is 0 Å². The maximum absolute atomic E-state index is 13.3. The van der Waals surface area contributed by atoms with Crippen LogP contribution in [0.3, 0.4) is 0 Å². The summed E-state index contributed by atoms with van der Waals surface area (Å²) in [6.45, 7) is 4.16. The molecule has 184 valence electrons. The molecule has 0 radical (unpaired) electrons. The number of nitrogens with zero attached hydrogens (tertiary/aromatic N) is 7. The molecule has 37 heavy (non-hydrogen) atoms. The van der Waals surface area contributed by atoms with Crippen LogP contribution in [-0.4, -0.2) is 47.9 Å². The number of fused-ring (bicyclic) bond motifs is 1. The van der Waals surface area contributed by atoms with Crippen molar-refractivity contribution in [2.75, 3.05) is 16.8 Å². The molecule has 2 aromatic carbocycles. The molecule has 4 heterocycles. The fourth-order valence-electron chi connectivity index (χ4n) is 4.59. The summed E-state index contributed by atoms with van der Waals surface area (Å²) >= 11 is 0. The number of nitrogens with one attached hydrogen (secondary N) is 1. The van der Waals surface area contributed by atoms with E-state index in [-0.39, 0.29) is 18.2 Å². The Morgan fingerprint density at radius 1 is 0.973 bits per heavy atom. The Kier molecular flexibility index (Phi) is 5.48. The monoisotopic (exact) mass is 492 g/mol. The highest BCUT2D eigenvalue weighted by Crippen LogP contribution is 2.28. The van der Waals surface area contributed by atoms with Crippen LogP contribution in [0.25, 0.3) is 22.5 Å². The number of carbonyl (C=O) groups is 2. The first-order chi connectivity index (χ1) is 18.0. The highest BCUT2D eigenvalue weighted by molar-refractivity contribution is 6.03. The van der Waals surface area contributed by atoms with Crippen molar-refractivity contribution in [1.29, 1.82) is 0 Å². The molecule has 1 saturated heterocycles. The van der Waals surface area contributed by atoms with Gasteiger partial charge in [-0.1, -0.05) is 35.9 Å². The van der Waals surface area contributed by atoms with E-state index in [1.807, 2.05) is 68.4 Å². The normalized spacial score (nSPS) is 15.5. The summed E-state index contributed by atoms with van der Waals surface area (Å²) in [6, 6.07) is 19.2.